The smallest absolute Gasteiger partial charge is 0.423 e. The highest BCUT2D eigenvalue weighted by Gasteiger charge is 2.13. The van der Waals surface area contributed by atoms with Gasteiger partial charge in [-0.1, -0.05) is 12.1 Å². The van der Waals surface area contributed by atoms with E-state index in [1.54, 1.807) is 6.07 Å². The number of hydrogen-bond donors (Lipinski definition) is 1. The van der Waals surface area contributed by atoms with Crippen molar-refractivity contribution in [2.75, 3.05) is 7.11 Å². The molecule has 1 aromatic carbocycles. The van der Waals surface area contributed by atoms with Gasteiger partial charge in [-0.15, -0.1) is 0 Å². The van der Waals surface area contributed by atoms with Crippen LogP contribution in [0.1, 0.15) is 0 Å². The molecular formula is C7H8BFO2. The molecule has 58 valence electrons. The Bertz CT molecular complexity index is 242. The van der Waals surface area contributed by atoms with Crippen LogP contribution in [0.25, 0.3) is 0 Å². The molecule has 0 amide bonds. The number of rotatable bonds is 2. The van der Waals surface area contributed by atoms with Crippen LogP contribution in [-0.2, 0) is 4.65 Å². The Hall–Kier alpha value is -0.865. The first-order valence-electron chi connectivity index (χ1n) is 3.20. The molecule has 0 aliphatic rings. The summed E-state index contributed by atoms with van der Waals surface area (Å²) in [6, 6.07) is 5.66. The van der Waals surface area contributed by atoms with E-state index < -0.39 is 7.12 Å². The van der Waals surface area contributed by atoms with E-state index in [0.29, 0.717) is 5.46 Å². The summed E-state index contributed by atoms with van der Waals surface area (Å²) in [5, 5.41) is 9.06. The maximum atomic E-state index is 12.5. The molecule has 0 unspecified atom stereocenters. The fourth-order valence-corrected chi connectivity index (χ4v) is 0.796. The van der Waals surface area contributed by atoms with Crippen molar-refractivity contribution in [2.24, 2.45) is 0 Å². The second kappa shape index (κ2) is 3.50. The SMILES string of the molecule is COB(O)c1cccc(F)c1. The molecule has 0 radical (unpaired) electrons. The molecule has 0 aromatic heterocycles. The zero-order valence-electron chi connectivity index (χ0n) is 6.12. The molecule has 1 rings (SSSR count). The van der Waals surface area contributed by atoms with Crippen LogP contribution < -0.4 is 5.46 Å². The van der Waals surface area contributed by atoms with Crippen molar-refractivity contribution in [1.29, 1.82) is 0 Å². The monoisotopic (exact) mass is 154 g/mol. The lowest BCUT2D eigenvalue weighted by Crippen LogP contribution is -2.32. The number of halogens is 1. The topological polar surface area (TPSA) is 29.5 Å². The maximum Gasteiger partial charge on any atom is 0.491 e. The first kappa shape index (κ1) is 8.23. The van der Waals surface area contributed by atoms with Crippen LogP contribution in [0, 0.1) is 5.82 Å². The largest absolute Gasteiger partial charge is 0.491 e. The van der Waals surface area contributed by atoms with Crippen molar-refractivity contribution in [3.05, 3.63) is 30.1 Å². The third-order valence-electron chi connectivity index (χ3n) is 1.36. The average Bonchev–Trinajstić information content (AvgIpc) is 2.03. The van der Waals surface area contributed by atoms with E-state index in [4.69, 9.17) is 5.02 Å². The molecule has 0 atom stereocenters. The predicted molar refractivity (Wildman–Crippen MR) is 41.0 cm³/mol. The van der Waals surface area contributed by atoms with Crippen molar-refractivity contribution in [3.63, 3.8) is 0 Å². The summed E-state index contributed by atoms with van der Waals surface area (Å²) in [5.41, 5.74) is 0.424. The number of benzene rings is 1. The van der Waals surface area contributed by atoms with E-state index in [-0.39, 0.29) is 5.82 Å². The van der Waals surface area contributed by atoms with Gasteiger partial charge in [0.05, 0.1) is 0 Å². The minimum Gasteiger partial charge on any atom is -0.423 e. The molecule has 4 heteroatoms. The quantitative estimate of drug-likeness (QED) is 0.614. The van der Waals surface area contributed by atoms with Crippen LogP contribution >= 0.6 is 0 Å². The summed E-state index contributed by atoms with van der Waals surface area (Å²) < 4.78 is 17.1. The lowest BCUT2D eigenvalue weighted by molar-refractivity contribution is 0.341. The Morgan fingerprint density at radius 2 is 2.27 bits per heavy atom. The molecule has 1 aromatic rings. The Labute approximate surface area is 64.8 Å². The van der Waals surface area contributed by atoms with E-state index in [9.17, 15) is 4.39 Å². The standard InChI is InChI=1S/C7H8BFO2/c1-11-8(10)6-3-2-4-7(9)5-6/h2-5,10H,1H3. The minimum absolute atomic E-state index is 0.376. The van der Waals surface area contributed by atoms with Crippen molar-refractivity contribution >= 4 is 12.6 Å². The molecule has 11 heavy (non-hydrogen) atoms. The van der Waals surface area contributed by atoms with Crippen LogP contribution in [0.4, 0.5) is 4.39 Å². The zero-order chi connectivity index (χ0) is 8.27. The van der Waals surface area contributed by atoms with E-state index in [1.165, 1.54) is 25.3 Å². The Balaban J connectivity index is 2.86. The fraction of sp³-hybridized carbons (Fsp3) is 0.143. The van der Waals surface area contributed by atoms with Gasteiger partial charge in [-0.05, 0) is 17.6 Å². The summed E-state index contributed by atoms with van der Waals surface area (Å²) in [6.45, 7) is 0. The highest BCUT2D eigenvalue weighted by molar-refractivity contribution is 6.59. The van der Waals surface area contributed by atoms with Gasteiger partial charge >= 0.3 is 7.12 Å². The van der Waals surface area contributed by atoms with Gasteiger partial charge in [0, 0.05) is 7.11 Å². The molecular weight excluding hydrogens is 146 g/mol. The van der Waals surface area contributed by atoms with Gasteiger partial charge in [-0.3, -0.25) is 0 Å². The first-order valence-corrected chi connectivity index (χ1v) is 3.20. The number of hydrogen-bond acceptors (Lipinski definition) is 2. The van der Waals surface area contributed by atoms with E-state index in [0.717, 1.165) is 0 Å². The molecule has 2 nitrogen and oxygen atoms in total. The van der Waals surface area contributed by atoms with Gasteiger partial charge in [0.2, 0.25) is 0 Å². The van der Waals surface area contributed by atoms with Crippen molar-refractivity contribution < 1.29 is 14.1 Å². The second-order valence-corrected chi connectivity index (χ2v) is 2.14. The lowest BCUT2D eigenvalue weighted by Gasteiger charge is -2.02. The first-order chi connectivity index (χ1) is 5.24. The average molecular weight is 154 g/mol. The normalized spacial score (nSPS) is 9.73. The molecule has 0 saturated heterocycles. The fourth-order valence-electron chi connectivity index (χ4n) is 0.796. The Morgan fingerprint density at radius 3 is 2.82 bits per heavy atom. The summed E-state index contributed by atoms with van der Waals surface area (Å²) in [7, 11) is 0.320. The molecule has 0 spiro atoms. The molecule has 0 aliphatic heterocycles. The van der Waals surface area contributed by atoms with Gasteiger partial charge in [0.1, 0.15) is 5.82 Å². The molecule has 0 saturated carbocycles. The zero-order valence-corrected chi connectivity index (χ0v) is 6.12. The summed E-state index contributed by atoms with van der Waals surface area (Å²) >= 11 is 0. The highest BCUT2D eigenvalue weighted by atomic mass is 19.1. The predicted octanol–water partition coefficient (Wildman–Crippen LogP) is 0.160. The van der Waals surface area contributed by atoms with Crippen molar-refractivity contribution in [1.82, 2.24) is 0 Å². The molecule has 0 fully saturated rings. The Kier molecular flexibility index (Phi) is 2.62. The minimum atomic E-state index is -1.04. The summed E-state index contributed by atoms with van der Waals surface area (Å²) in [4.78, 5) is 0. The van der Waals surface area contributed by atoms with E-state index in [2.05, 4.69) is 4.65 Å². The molecule has 0 aliphatic carbocycles. The lowest BCUT2D eigenvalue weighted by atomic mass is 9.80. The summed E-state index contributed by atoms with van der Waals surface area (Å²) in [6.07, 6.45) is 0. The van der Waals surface area contributed by atoms with Crippen LogP contribution in [0.3, 0.4) is 0 Å². The molecule has 0 heterocycles. The summed E-state index contributed by atoms with van der Waals surface area (Å²) in [5.74, 6) is -0.376. The van der Waals surface area contributed by atoms with Gasteiger partial charge in [-0.2, -0.15) is 0 Å². The van der Waals surface area contributed by atoms with Crippen LogP contribution in [-0.4, -0.2) is 19.3 Å². The van der Waals surface area contributed by atoms with E-state index in [1.807, 2.05) is 0 Å². The van der Waals surface area contributed by atoms with Crippen molar-refractivity contribution in [2.45, 2.75) is 0 Å². The highest BCUT2D eigenvalue weighted by Crippen LogP contribution is 1.93. The van der Waals surface area contributed by atoms with E-state index >= 15 is 0 Å². The van der Waals surface area contributed by atoms with Gasteiger partial charge in [0.15, 0.2) is 0 Å². The van der Waals surface area contributed by atoms with Gasteiger partial charge in [0.25, 0.3) is 0 Å². The van der Waals surface area contributed by atoms with Crippen LogP contribution in [0.15, 0.2) is 24.3 Å². The van der Waals surface area contributed by atoms with Gasteiger partial charge < -0.3 is 9.68 Å². The molecule has 0 bridgehead atoms. The maximum absolute atomic E-state index is 12.5. The second-order valence-electron chi connectivity index (χ2n) is 2.14. The van der Waals surface area contributed by atoms with Crippen LogP contribution in [0.5, 0.6) is 0 Å². The Morgan fingerprint density at radius 1 is 1.55 bits per heavy atom. The molecule has 1 N–H and O–H groups in total. The van der Waals surface area contributed by atoms with Gasteiger partial charge in [-0.25, -0.2) is 4.39 Å². The van der Waals surface area contributed by atoms with Crippen LogP contribution in [0.2, 0.25) is 0 Å². The van der Waals surface area contributed by atoms with Crippen molar-refractivity contribution in [3.8, 4) is 0 Å². The third-order valence-corrected chi connectivity index (χ3v) is 1.36. The third kappa shape index (κ3) is 2.03.